The molecule has 0 aliphatic rings. The zero-order valence-corrected chi connectivity index (χ0v) is 16.2. The summed E-state index contributed by atoms with van der Waals surface area (Å²) in [6, 6.07) is 10.9. The van der Waals surface area contributed by atoms with Crippen molar-refractivity contribution in [2.24, 2.45) is 0 Å². The van der Waals surface area contributed by atoms with E-state index in [1.54, 1.807) is 12.1 Å². The topological polar surface area (TPSA) is 75.0 Å². The van der Waals surface area contributed by atoms with E-state index in [2.05, 4.69) is 4.74 Å². The minimum absolute atomic E-state index is 0.101. The molecule has 156 valence electrons. The van der Waals surface area contributed by atoms with Crippen LogP contribution in [0.15, 0.2) is 57.8 Å². The number of alkyl halides is 2. The molecule has 30 heavy (non-hydrogen) atoms. The molecule has 0 aliphatic carbocycles. The summed E-state index contributed by atoms with van der Waals surface area (Å²) in [5.74, 6) is -0.656. The molecule has 0 amide bonds. The van der Waals surface area contributed by atoms with Crippen LogP contribution in [0.1, 0.15) is 16.7 Å². The molecule has 6 nitrogen and oxygen atoms in total. The van der Waals surface area contributed by atoms with Crippen molar-refractivity contribution in [1.29, 1.82) is 0 Å². The lowest BCUT2D eigenvalue weighted by Gasteiger charge is -2.10. The van der Waals surface area contributed by atoms with E-state index in [0.717, 1.165) is 5.56 Å². The minimum Gasteiger partial charge on any atom is -0.493 e. The van der Waals surface area contributed by atoms with E-state index >= 15 is 0 Å². The van der Waals surface area contributed by atoms with Crippen molar-refractivity contribution in [1.82, 2.24) is 0 Å². The van der Waals surface area contributed by atoms with Gasteiger partial charge in [-0.2, -0.15) is 8.78 Å². The van der Waals surface area contributed by atoms with Crippen LogP contribution < -0.4 is 15.1 Å². The van der Waals surface area contributed by atoms with Gasteiger partial charge in [-0.3, -0.25) is 0 Å². The summed E-state index contributed by atoms with van der Waals surface area (Å²) in [5, 5.41) is 0.677. The highest BCUT2D eigenvalue weighted by Crippen LogP contribution is 2.29. The molecule has 0 bridgehead atoms. The van der Waals surface area contributed by atoms with Gasteiger partial charge in [-0.05, 0) is 42.3 Å². The van der Waals surface area contributed by atoms with Crippen molar-refractivity contribution in [3.8, 4) is 11.5 Å². The fourth-order valence-electron chi connectivity index (χ4n) is 2.80. The van der Waals surface area contributed by atoms with E-state index in [1.165, 1.54) is 43.5 Å². The first-order valence-corrected chi connectivity index (χ1v) is 8.87. The SMILES string of the molecule is COc1cc(C=CC(=O)OCc2cc(=O)oc3cc(C)ccc23)ccc1OC(F)F. The average Bonchev–Trinajstić information content (AvgIpc) is 2.70. The second-order valence-corrected chi connectivity index (χ2v) is 6.32. The van der Waals surface area contributed by atoms with Gasteiger partial charge < -0.3 is 18.6 Å². The molecule has 0 aliphatic heterocycles. The number of fused-ring (bicyclic) bond motifs is 1. The average molecular weight is 416 g/mol. The van der Waals surface area contributed by atoms with Gasteiger partial charge in [0.1, 0.15) is 12.2 Å². The third-order valence-corrected chi connectivity index (χ3v) is 4.17. The van der Waals surface area contributed by atoms with E-state index in [1.807, 2.05) is 13.0 Å². The van der Waals surface area contributed by atoms with Gasteiger partial charge in [0.2, 0.25) is 0 Å². The fourth-order valence-corrected chi connectivity index (χ4v) is 2.80. The van der Waals surface area contributed by atoms with Crippen molar-refractivity contribution in [3.63, 3.8) is 0 Å². The lowest BCUT2D eigenvalue weighted by atomic mass is 10.1. The van der Waals surface area contributed by atoms with Crippen molar-refractivity contribution in [2.75, 3.05) is 7.11 Å². The maximum Gasteiger partial charge on any atom is 0.387 e. The third-order valence-electron chi connectivity index (χ3n) is 4.17. The Labute approximate surface area is 170 Å². The van der Waals surface area contributed by atoms with Crippen molar-refractivity contribution < 1.29 is 32.2 Å². The summed E-state index contributed by atoms with van der Waals surface area (Å²) in [6.45, 7) is -1.22. The molecule has 1 aromatic heterocycles. The second-order valence-electron chi connectivity index (χ2n) is 6.32. The number of ether oxygens (including phenoxy) is 3. The molecule has 0 spiro atoms. The number of esters is 1. The summed E-state index contributed by atoms with van der Waals surface area (Å²) in [4.78, 5) is 23.8. The molecule has 1 heterocycles. The Morgan fingerprint density at radius 1 is 1.13 bits per heavy atom. The van der Waals surface area contributed by atoms with Gasteiger partial charge in [-0.15, -0.1) is 0 Å². The number of rotatable bonds is 7. The zero-order valence-electron chi connectivity index (χ0n) is 16.2. The monoisotopic (exact) mass is 416 g/mol. The standard InChI is InChI=1S/C22H18F2O6/c1-13-3-6-16-15(11-21(26)29-18(16)9-13)12-28-20(25)8-5-14-4-7-17(30-22(23)24)19(10-14)27-2/h3-11,22H,12H2,1-2H3. The van der Waals surface area contributed by atoms with E-state index in [9.17, 15) is 18.4 Å². The predicted octanol–water partition coefficient (Wildman–Crippen LogP) is 4.47. The number of hydrogen-bond acceptors (Lipinski definition) is 6. The molecule has 0 unspecified atom stereocenters. The summed E-state index contributed by atoms with van der Waals surface area (Å²) in [5.41, 5.74) is 1.86. The first-order valence-electron chi connectivity index (χ1n) is 8.87. The highest BCUT2D eigenvalue weighted by Gasteiger charge is 2.11. The molecule has 8 heteroatoms. The highest BCUT2D eigenvalue weighted by atomic mass is 19.3. The molecular formula is C22H18F2O6. The van der Waals surface area contributed by atoms with Crippen molar-refractivity contribution >= 4 is 23.0 Å². The predicted molar refractivity (Wildman–Crippen MR) is 106 cm³/mol. The second kappa shape index (κ2) is 9.21. The normalized spacial score (nSPS) is 11.2. The molecule has 0 radical (unpaired) electrons. The molecule has 3 rings (SSSR count). The largest absolute Gasteiger partial charge is 0.493 e. The van der Waals surface area contributed by atoms with Gasteiger partial charge in [-0.25, -0.2) is 9.59 Å². The molecule has 2 aromatic carbocycles. The molecule has 0 atom stereocenters. The van der Waals surface area contributed by atoms with Crippen LogP contribution in [0, 0.1) is 6.92 Å². The lowest BCUT2D eigenvalue weighted by molar-refractivity contribution is -0.138. The third kappa shape index (κ3) is 5.22. The fraction of sp³-hybridized carbons (Fsp3) is 0.182. The van der Waals surface area contributed by atoms with Gasteiger partial charge in [0.05, 0.1) is 7.11 Å². The Morgan fingerprint density at radius 2 is 1.93 bits per heavy atom. The maximum absolute atomic E-state index is 12.4. The number of halogens is 2. The van der Waals surface area contributed by atoms with E-state index in [-0.39, 0.29) is 18.1 Å². The Balaban J connectivity index is 1.70. The van der Waals surface area contributed by atoms with Crippen LogP contribution in [0.2, 0.25) is 0 Å². The molecular weight excluding hydrogens is 398 g/mol. The minimum atomic E-state index is -2.98. The first-order chi connectivity index (χ1) is 14.4. The van der Waals surface area contributed by atoms with E-state index < -0.39 is 18.2 Å². The summed E-state index contributed by atoms with van der Waals surface area (Å²) in [6.07, 6.45) is 2.62. The summed E-state index contributed by atoms with van der Waals surface area (Å²) < 4.78 is 44.5. The van der Waals surface area contributed by atoms with Gasteiger partial charge in [0, 0.05) is 23.1 Å². The van der Waals surface area contributed by atoms with Crippen LogP contribution in [0.3, 0.4) is 0 Å². The molecule has 3 aromatic rings. The Kier molecular flexibility index (Phi) is 6.46. The smallest absolute Gasteiger partial charge is 0.387 e. The Morgan fingerprint density at radius 3 is 2.67 bits per heavy atom. The zero-order chi connectivity index (χ0) is 21.7. The molecule has 0 saturated heterocycles. The molecule has 0 N–H and O–H groups in total. The van der Waals surface area contributed by atoms with Crippen LogP contribution in [0.5, 0.6) is 11.5 Å². The number of methoxy groups -OCH3 is 1. The first kappa shape index (κ1) is 21.0. The van der Waals surface area contributed by atoms with Gasteiger partial charge in [0.15, 0.2) is 11.5 Å². The maximum atomic E-state index is 12.4. The molecule has 0 fully saturated rings. The van der Waals surface area contributed by atoms with Crippen LogP contribution in [-0.2, 0) is 16.1 Å². The van der Waals surface area contributed by atoms with Crippen LogP contribution in [-0.4, -0.2) is 19.7 Å². The number of aryl methyl sites for hydroxylation is 1. The lowest BCUT2D eigenvalue weighted by Crippen LogP contribution is -2.05. The van der Waals surface area contributed by atoms with Crippen molar-refractivity contribution in [3.05, 3.63) is 75.7 Å². The summed E-state index contributed by atoms with van der Waals surface area (Å²) in [7, 11) is 1.32. The van der Waals surface area contributed by atoms with Crippen LogP contribution >= 0.6 is 0 Å². The quantitative estimate of drug-likeness (QED) is 0.321. The van der Waals surface area contributed by atoms with Gasteiger partial charge in [0.25, 0.3) is 0 Å². The van der Waals surface area contributed by atoms with Gasteiger partial charge >= 0.3 is 18.2 Å². The van der Waals surface area contributed by atoms with Crippen LogP contribution in [0.25, 0.3) is 17.0 Å². The molecule has 0 saturated carbocycles. The number of hydrogen-bond donors (Lipinski definition) is 0. The van der Waals surface area contributed by atoms with Crippen molar-refractivity contribution in [2.45, 2.75) is 20.1 Å². The number of carbonyl (C=O) groups excluding carboxylic acids is 1. The Bertz CT molecular complexity index is 1150. The Hall–Kier alpha value is -3.68. The van der Waals surface area contributed by atoms with Gasteiger partial charge in [-0.1, -0.05) is 18.2 Å². The number of benzene rings is 2. The van der Waals surface area contributed by atoms with E-state index in [4.69, 9.17) is 13.9 Å². The van der Waals surface area contributed by atoms with E-state index in [0.29, 0.717) is 22.1 Å². The van der Waals surface area contributed by atoms with Crippen LogP contribution in [0.4, 0.5) is 8.78 Å². The number of carbonyl (C=O) groups is 1. The highest BCUT2D eigenvalue weighted by molar-refractivity contribution is 5.87. The summed E-state index contributed by atoms with van der Waals surface area (Å²) >= 11 is 0.